The van der Waals surface area contributed by atoms with Crippen molar-refractivity contribution in [3.8, 4) is 0 Å². The van der Waals surface area contributed by atoms with Crippen molar-refractivity contribution in [3.05, 3.63) is 91.5 Å². The molecular weight excluding hydrogens is 764 g/mol. The number of allylic oxidation sites excluding steroid dienone is 2. The number of hydrogen-bond acceptors (Lipinski definition) is 17. The first-order valence-electron chi connectivity index (χ1n) is 13.5. The molecule has 15 nitrogen and oxygen atoms in total. The van der Waals surface area contributed by atoms with E-state index < -0.39 is 23.5 Å². The van der Waals surface area contributed by atoms with Crippen LogP contribution in [0.2, 0.25) is 20.6 Å². The number of thiazole rings is 2. The van der Waals surface area contributed by atoms with Crippen LogP contribution in [0.3, 0.4) is 0 Å². The van der Waals surface area contributed by atoms with Crippen molar-refractivity contribution < 1.29 is 28.7 Å². The summed E-state index contributed by atoms with van der Waals surface area (Å²) in [4.78, 5) is 71.9. The van der Waals surface area contributed by atoms with Crippen LogP contribution in [0.15, 0.2) is 59.5 Å². The Morgan fingerprint density at radius 2 is 1.29 bits per heavy atom. The van der Waals surface area contributed by atoms with Crippen LogP contribution in [0.25, 0.3) is 0 Å². The number of nitrogens with two attached hydrogens (primary N) is 1. The molecule has 0 unspecified atom stereocenters. The first-order valence-corrected chi connectivity index (χ1v) is 16.8. The van der Waals surface area contributed by atoms with Crippen LogP contribution >= 0.6 is 69.1 Å². The number of ketones is 2. The summed E-state index contributed by atoms with van der Waals surface area (Å²) in [7, 11) is 3.37. The Morgan fingerprint density at radius 3 is 1.67 bits per heavy atom. The minimum atomic E-state index is -0.704. The average Bonchev–Trinajstić information content (AvgIpc) is 3.76. The summed E-state index contributed by atoms with van der Waals surface area (Å²) in [6.07, 6.45) is 8.45. The predicted octanol–water partition coefficient (Wildman–Crippen LogP) is 6.38. The molecule has 0 radical (unpaired) electrons. The smallest absolute Gasteiger partial charge is 0.311 e. The summed E-state index contributed by atoms with van der Waals surface area (Å²) >= 11 is 25.7. The molecule has 0 bridgehead atoms. The van der Waals surface area contributed by atoms with Gasteiger partial charge in [-0.1, -0.05) is 60.3 Å². The van der Waals surface area contributed by atoms with Gasteiger partial charge >= 0.3 is 11.9 Å². The monoisotopic (exact) mass is 789 g/mol. The minimum Gasteiger partial charge on any atom is -0.421 e. The van der Waals surface area contributed by atoms with Crippen LogP contribution in [0, 0.1) is 0 Å². The summed E-state index contributed by atoms with van der Waals surface area (Å²) in [5, 5.41) is 7.29. The molecule has 0 aliphatic heterocycles. The van der Waals surface area contributed by atoms with Gasteiger partial charge in [-0.2, -0.15) is 0 Å². The first kappa shape index (κ1) is 40.9. The van der Waals surface area contributed by atoms with E-state index in [0.29, 0.717) is 10.3 Å². The molecule has 0 aliphatic carbocycles. The van der Waals surface area contributed by atoms with Gasteiger partial charge in [0.05, 0.1) is 18.6 Å². The van der Waals surface area contributed by atoms with Crippen LogP contribution in [0.4, 0.5) is 10.3 Å². The van der Waals surface area contributed by atoms with Gasteiger partial charge in [-0.25, -0.2) is 29.9 Å². The molecule has 3 N–H and O–H groups in total. The molecule has 0 amide bonds. The molecule has 0 saturated heterocycles. The van der Waals surface area contributed by atoms with E-state index in [1.54, 1.807) is 50.6 Å². The van der Waals surface area contributed by atoms with Crippen molar-refractivity contribution in [1.82, 2.24) is 34.8 Å². The molecule has 260 valence electrons. The third-order valence-electron chi connectivity index (χ3n) is 4.89. The van der Waals surface area contributed by atoms with Crippen molar-refractivity contribution >= 4 is 103 Å². The maximum atomic E-state index is 12.5. The minimum absolute atomic E-state index is 0.0449. The maximum absolute atomic E-state index is 12.5. The Hall–Kier alpha value is -4.26. The van der Waals surface area contributed by atoms with Crippen molar-refractivity contribution in [1.29, 1.82) is 0 Å². The molecular formula is C28H27Cl4N9O6S2. The number of esters is 2. The molecule has 0 saturated carbocycles. The van der Waals surface area contributed by atoms with Gasteiger partial charge in [0.2, 0.25) is 0 Å². The molecule has 0 aliphatic rings. The van der Waals surface area contributed by atoms with Gasteiger partial charge in [-0.15, -0.1) is 22.7 Å². The predicted molar refractivity (Wildman–Crippen MR) is 188 cm³/mol. The quantitative estimate of drug-likeness (QED) is 0.0732. The van der Waals surface area contributed by atoms with Crippen LogP contribution in [0.1, 0.15) is 47.7 Å². The second-order valence-electron chi connectivity index (χ2n) is 8.80. The Kier molecular flexibility index (Phi) is 17.5. The van der Waals surface area contributed by atoms with E-state index in [0.717, 1.165) is 0 Å². The molecule has 4 aromatic heterocycles. The van der Waals surface area contributed by atoms with Gasteiger partial charge in [-0.05, 0) is 0 Å². The highest BCUT2D eigenvalue weighted by Crippen LogP contribution is 2.20. The number of rotatable bonds is 11. The Labute approximate surface area is 308 Å². The van der Waals surface area contributed by atoms with E-state index in [4.69, 9.17) is 61.6 Å². The summed E-state index contributed by atoms with van der Waals surface area (Å²) < 4.78 is 10.0. The van der Waals surface area contributed by atoms with Crippen LogP contribution in [-0.4, -0.2) is 72.4 Å². The van der Waals surface area contributed by atoms with Crippen molar-refractivity contribution in [2.24, 2.45) is 0 Å². The molecule has 21 heteroatoms. The first-order chi connectivity index (χ1) is 23.2. The van der Waals surface area contributed by atoms with Crippen LogP contribution < -0.4 is 11.1 Å². The largest absolute Gasteiger partial charge is 0.421 e. The lowest BCUT2D eigenvalue weighted by atomic mass is 10.2. The molecule has 0 atom stereocenters. The second-order valence-corrected chi connectivity index (χ2v) is 12.1. The van der Waals surface area contributed by atoms with Crippen molar-refractivity contribution in [2.75, 3.05) is 25.1 Å². The lowest BCUT2D eigenvalue weighted by Crippen LogP contribution is -2.17. The van der Waals surface area contributed by atoms with E-state index in [9.17, 15) is 19.2 Å². The summed E-state index contributed by atoms with van der Waals surface area (Å²) in [6.45, 7) is 3.23. The fraction of sp³-hybridized carbons (Fsp3) is 0.214. The topological polar surface area (TPSA) is 205 Å². The lowest BCUT2D eigenvalue weighted by molar-refractivity contribution is -0.139. The van der Waals surface area contributed by atoms with E-state index in [1.807, 2.05) is 5.38 Å². The number of carbonyl (C=O) groups is 4. The molecule has 4 aromatic rings. The molecule has 4 rings (SSSR count). The highest BCUT2D eigenvalue weighted by molar-refractivity contribution is 7.13. The third-order valence-corrected chi connectivity index (χ3v) is 7.09. The Balaban J connectivity index is 0.000000292. The highest BCUT2D eigenvalue weighted by Gasteiger charge is 2.23. The van der Waals surface area contributed by atoms with Crippen LogP contribution in [0.5, 0.6) is 0 Å². The van der Waals surface area contributed by atoms with E-state index >= 15 is 0 Å². The number of Topliss-reactive ketones (excluding diaryl/α,β-unsaturated/α-hetero) is 2. The van der Waals surface area contributed by atoms with Crippen molar-refractivity contribution in [2.45, 2.75) is 26.7 Å². The van der Waals surface area contributed by atoms with E-state index in [2.05, 4.69) is 35.2 Å². The van der Waals surface area contributed by atoms with Gasteiger partial charge < -0.3 is 25.4 Å². The molecule has 0 spiro atoms. The number of nitrogen functional groups attached to an aromatic ring is 1. The fourth-order valence-corrected chi connectivity index (χ4v) is 4.47. The number of nitrogens with zero attached hydrogens (tertiary/aromatic N) is 7. The Morgan fingerprint density at radius 1 is 0.796 bits per heavy atom. The average molecular weight is 792 g/mol. The molecule has 4 heterocycles. The van der Waals surface area contributed by atoms with E-state index in [1.165, 1.54) is 47.5 Å². The number of nitrogens with one attached hydrogen (secondary N) is 1. The summed E-state index contributed by atoms with van der Waals surface area (Å²) in [5.41, 5.74) is 4.88. The zero-order chi connectivity index (χ0) is 36.5. The highest BCUT2D eigenvalue weighted by atomic mass is 35.5. The van der Waals surface area contributed by atoms with Gasteiger partial charge in [0.25, 0.3) is 11.6 Å². The maximum Gasteiger partial charge on any atom is 0.311 e. The van der Waals surface area contributed by atoms with Gasteiger partial charge in [0, 0.05) is 56.3 Å². The normalized spacial score (nSPS) is 10.9. The number of hydrogen-bond donors (Lipinski definition) is 2. The number of carbonyl (C=O) groups excluding carboxylic acids is 4. The van der Waals surface area contributed by atoms with Gasteiger partial charge in [0.1, 0.15) is 10.3 Å². The zero-order valence-electron chi connectivity index (χ0n) is 26.0. The summed E-state index contributed by atoms with van der Waals surface area (Å²) in [5.74, 6) is -2.92. The number of anilines is 2. The molecule has 0 fully saturated rings. The SMILES string of the molecule is CCC(=O)O/C(=C\N(C)C)C(=O)c1ncc(Cl)nc1Cl.CCC(=O)O/C(=C\Nc1nccs1)C(=O)c1ncc(Cl)nc1Cl.Nc1nccs1. The molecule has 0 aromatic carbocycles. The zero-order valence-corrected chi connectivity index (χ0v) is 30.7. The number of halogens is 4. The van der Waals surface area contributed by atoms with Crippen molar-refractivity contribution in [3.63, 3.8) is 0 Å². The van der Waals surface area contributed by atoms with E-state index in [-0.39, 0.29) is 56.4 Å². The van der Waals surface area contributed by atoms with Gasteiger partial charge in [-0.3, -0.25) is 19.2 Å². The van der Waals surface area contributed by atoms with Gasteiger partial charge in [0.15, 0.2) is 43.5 Å². The molecule has 49 heavy (non-hydrogen) atoms. The lowest BCUT2D eigenvalue weighted by Gasteiger charge is -2.11. The Bertz CT molecular complexity index is 1790. The van der Waals surface area contributed by atoms with Crippen LogP contribution in [-0.2, 0) is 19.1 Å². The standard InChI is InChI=1S/C13H10Cl2N4O3S.C12H13Cl2N3O3.C3H4N2S/c1-2-9(20)22-7(5-18-13-16-3-4-23-13)11(21)10-12(15)19-8(14)6-17-10;1-4-9(18)20-7(6-17(2)3)11(19)10-12(14)16-8(13)5-15-10;4-3-5-1-2-6-3/h3-6H,2H2,1H3,(H,16,18);5-6H,4H2,1-3H3;1-2H,(H2,4,5)/b7-5-;7-6-;. The number of ether oxygens (including phenoxy) is 2. The third kappa shape index (κ3) is 14.4. The second kappa shape index (κ2) is 21.0. The summed E-state index contributed by atoms with van der Waals surface area (Å²) in [6, 6.07) is 0. The number of aromatic nitrogens is 6. The fourth-order valence-electron chi connectivity index (χ4n) is 2.78.